The topological polar surface area (TPSA) is 90.5 Å². The summed E-state index contributed by atoms with van der Waals surface area (Å²) in [6.07, 6.45) is 8.76. The summed E-state index contributed by atoms with van der Waals surface area (Å²) in [6, 6.07) is 8.55. The Bertz CT molecular complexity index is 1210. The van der Waals surface area contributed by atoms with Crippen molar-refractivity contribution in [3.8, 4) is 5.75 Å². The number of methoxy groups -OCH3 is 1. The number of unbranched alkanes of at least 4 members (excludes halogenated alkanes) is 1. The lowest BCUT2D eigenvalue weighted by molar-refractivity contribution is 0.0952. The standard InChI is InChI=1S/C21H21N5O3/c1-29-17-6-4-5-16-19(17)24-18-8-7-15(13-26(18)21(16)28)20(27)23-9-2-3-11-25-12-10-22-14-25/h4-8,10,12-14H,2-3,9,11H2,1H3,(H,23,27). The zero-order valence-corrected chi connectivity index (χ0v) is 16.0. The highest BCUT2D eigenvalue weighted by molar-refractivity contribution is 5.94. The Balaban J connectivity index is 1.49. The molecule has 0 saturated carbocycles. The van der Waals surface area contributed by atoms with Gasteiger partial charge in [0.1, 0.15) is 16.9 Å². The molecule has 148 valence electrons. The van der Waals surface area contributed by atoms with Crippen LogP contribution in [0.4, 0.5) is 0 Å². The van der Waals surface area contributed by atoms with Gasteiger partial charge >= 0.3 is 0 Å². The summed E-state index contributed by atoms with van der Waals surface area (Å²) in [5.74, 6) is 0.326. The predicted octanol–water partition coefficient (Wildman–Crippen LogP) is 2.26. The zero-order valence-electron chi connectivity index (χ0n) is 16.0. The second-order valence-electron chi connectivity index (χ2n) is 6.68. The Labute approximate surface area is 166 Å². The molecule has 1 N–H and O–H groups in total. The molecule has 29 heavy (non-hydrogen) atoms. The quantitative estimate of drug-likeness (QED) is 0.385. The van der Waals surface area contributed by atoms with Gasteiger partial charge in [0.15, 0.2) is 0 Å². The van der Waals surface area contributed by atoms with Crippen LogP contribution in [0.5, 0.6) is 5.75 Å². The second-order valence-corrected chi connectivity index (χ2v) is 6.68. The molecule has 8 nitrogen and oxygen atoms in total. The highest BCUT2D eigenvalue weighted by Gasteiger charge is 2.12. The van der Waals surface area contributed by atoms with Crippen molar-refractivity contribution in [1.82, 2.24) is 24.3 Å². The molecule has 0 fully saturated rings. The molecule has 1 aromatic carbocycles. The molecule has 0 aliphatic rings. The third-order valence-corrected chi connectivity index (χ3v) is 4.77. The summed E-state index contributed by atoms with van der Waals surface area (Å²) in [6.45, 7) is 1.43. The first-order valence-corrected chi connectivity index (χ1v) is 9.40. The van der Waals surface area contributed by atoms with E-state index in [0.29, 0.717) is 34.4 Å². The van der Waals surface area contributed by atoms with Gasteiger partial charge in [-0.2, -0.15) is 0 Å². The molecule has 3 heterocycles. The van der Waals surface area contributed by atoms with Crippen LogP contribution < -0.4 is 15.6 Å². The van der Waals surface area contributed by atoms with E-state index in [9.17, 15) is 9.59 Å². The maximum absolute atomic E-state index is 12.9. The number of carbonyl (C=O) groups excluding carboxylic acids is 1. The molecule has 0 radical (unpaired) electrons. The van der Waals surface area contributed by atoms with Crippen LogP contribution in [0.1, 0.15) is 23.2 Å². The van der Waals surface area contributed by atoms with E-state index in [1.165, 1.54) is 10.6 Å². The minimum atomic E-state index is -0.237. The lowest BCUT2D eigenvalue weighted by atomic mass is 10.2. The van der Waals surface area contributed by atoms with Gasteiger partial charge in [0.05, 0.1) is 24.4 Å². The molecule has 4 aromatic rings. The van der Waals surface area contributed by atoms with Gasteiger partial charge < -0.3 is 14.6 Å². The fourth-order valence-corrected chi connectivity index (χ4v) is 3.24. The van der Waals surface area contributed by atoms with E-state index in [-0.39, 0.29) is 11.5 Å². The summed E-state index contributed by atoms with van der Waals surface area (Å²) in [5.41, 5.74) is 1.15. The average Bonchev–Trinajstić information content (AvgIpc) is 3.26. The first-order chi connectivity index (χ1) is 14.2. The normalized spacial score (nSPS) is 11.1. The van der Waals surface area contributed by atoms with Crippen molar-refractivity contribution in [2.75, 3.05) is 13.7 Å². The van der Waals surface area contributed by atoms with E-state index in [0.717, 1.165) is 19.4 Å². The van der Waals surface area contributed by atoms with Crippen molar-refractivity contribution < 1.29 is 9.53 Å². The number of fused-ring (bicyclic) bond motifs is 2. The van der Waals surface area contributed by atoms with Crippen LogP contribution in [0.25, 0.3) is 16.6 Å². The molecule has 0 unspecified atom stereocenters. The summed E-state index contributed by atoms with van der Waals surface area (Å²) in [7, 11) is 1.54. The van der Waals surface area contributed by atoms with Gasteiger partial charge in [-0.1, -0.05) is 6.07 Å². The van der Waals surface area contributed by atoms with E-state index >= 15 is 0 Å². The third-order valence-electron chi connectivity index (χ3n) is 4.77. The highest BCUT2D eigenvalue weighted by atomic mass is 16.5. The van der Waals surface area contributed by atoms with Crippen LogP contribution >= 0.6 is 0 Å². The molecule has 0 aliphatic heterocycles. The Morgan fingerprint density at radius 3 is 2.90 bits per heavy atom. The van der Waals surface area contributed by atoms with E-state index in [2.05, 4.69) is 15.3 Å². The van der Waals surface area contributed by atoms with E-state index in [1.54, 1.807) is 50.0 Å². The molecule has 4 rings (SSSR count). The van der Waals surface area contributed by atoms with Crippen LogP contribution in [-0.4, -0.2) is 38.5 Å². The molecule has 8 heteroatoms. The number of pyridine rings is 1. The second kappa shape index (κ2) is 8.14. The Hall–Kier alpha value is -3.68. The number of hydrogen-bond donors (Lipinski definition) is 1. The Morgan fingerprint density at radius 2 is 2.10 bits per heavy atom. The van der Waals surface area contributed by atoms with Crippen molar-refractivity contribution in [3.63, 3.8) is 0 Å². The number of amides is 1. The summed E-state index contributed by atoms with van der Waals surface area (Å²) >= 11 is 0. The molecular formula is C21H21N5O3. The number of nitrogens with zero attached hydrogens (tertiary/aromatic N) is 4. The summed E-state index contributed by atoms with van der Waals surface area (Å²) in [5, 5.41) is 3.34. The summed E-state index contributed by atoms with van der Waals surface area (Å²) in [4.78, 5) is 33.9. The minimum Gasteiger partial charge on any atom is -0.494 e. The maximum Gasteiger partial charge on any atom is 0.265 e. The van der Waals surface area contributed by atoms with E-state index < -0.39 is 0 Å². The Kier molecular flexibility index (Phi) is 5.24. The monoisotopic (exact) mass is 391 g/mol. The fraction of sp³-hybridized carbons (Fsp3) is 0.238. The van der Waals surface area contributed by atoms with Crippen molar-refractivity contribution in [3.05, 3.63) is 71.2 Å². The number of hydrogen-bond acceptors (Lipinski definition) is 5. The van der Waals surface area contributed by atoms with Crippen molar-refractivity contribution >= 4 is 22.5 Å². The smallest absolute Gasteiger partial charge is 0.265 e. The number of ether oxygens (including phenoxy) is 1. The molecule has 1 amide bonds. The van der Waals surface area contributed by atoms with Gasteiger partial charge in [-0.05, 0) is 37.1 Å². The third kappa shape index (κ3) is 3.82. The van der Waals surface area contributed by atoms with Crippen molar-refractivity contribution in [2.24, 2.45) is 0 Å². The molecule has 0 bridgehead atoms. The number of rotatable bonds is 7. The van der Waals surface area contributed by atoms with E-state index in [1.807, 2.05) is 10.8 Å². The number of benzene rings is 1. The maximum atomic E-state index is 12.9. The molecule has 0 saturated heterocycles. The number of para-hydroxylation sites is 1. The van der Waals surface area contributed by atoms with Crippen molar-refractivity contribution in [1.29, 1.82) is 0 Å². The summed E-state index contributed by atoms with van der Waals surface area (Å²) < 4.78 is 8.70. The molecule has 0 spiro atoms. The van der Waals surface area contributed by atoms with Gasteiger partial charge in [0, 0.05) is 31.7 Å². The van der Waals surface area contributed by atoms with Crippen LogP contribution in [0, 0.1) is 0 Å². The molecule has 0 aliphatic carbocycles. The van der Waals surface area contributed by atoms with E-state index in [4.69, 9.17) is 4.74 Å². The van der Waals surface area contributed by atoms with Crippen LogP contribution in [0.15, 0.2) is 60.0 Å². The number of carbonyl (C=O) groups is 1. The molecule has 0 atom stereocenters. The number of aromatic nitrogens is 4. The van der Waals surface area contributed by atoms with Crippen molar-refractivity contribution in [2.45, 2.75) is 19.4 Å². The van der Waals surface area contributed by atoms with Gasteiger partial charge in [-0.15, -0.1) is 0 Å². The number of aryl methyl sites for hydroxylation is 1. The van der Waals surface area contributed by atoms with Gasteiger partial charge in [0.2, 0.25) is 0 Å². The van der Waals surface area contributed by atoms with Crippen LogP contribution in [0.3, 0.4) is 0 Å². The number of imidazole rings is 1. The largest absolute Gasteiger partial charge is 0.494 e. The lowest BCUT2D eigenvalue weighted by Gasteiger charge is -2.09. The van der Waals surface area contributed by atoms with Crippen LogP contribution in [0.2, 0.25) is 0 Å². The zero-order chi connectivity index (χ0) is 20.2. The van der Waals surface area contributed by atoms with Gasteiger partial charge in [0.25, 0.3) is 11.5 Å². The first-order valence-electron chi connectivity index (χ1n) is 9.40. The van der Waals surface area contributed by atoms with Gasteiger partial charge in [-0.3, -0.25) is 14.0 Å². The lowest BCUT2D eigenvalue weighted by Crippen LogP contribution is -2.26. The fourth-order valence-electron chi connectivity index (χ4n) is 3.24. The molecule has 3 aromatic heterocycles. The SMILES string of the molecule is COc1cccc2c(=O)n3cc(C(=O)NCCCCn4ccnc4)ccc3nc12. The predicted molar refractivity (Wildman–Crippen MR) is 109 cm³/mol. The highest BCUT2D eigenvalue weighted by Crippen LogP contribution is 2.21. The van der Waals surface area contributed by atoms with Gasteiger partial charge in [-0.25, -0.2) is 9.97 Å². The first kappa shape index (κ1) is 18.7. The average molecular weight is 391 g/mol. The minimum absolute atomic E-state index is 0.216. The molecular weight excluding hydrogens is 370 g/mol. The van der Waals surface area contributed by atoms with Crippen LogP contribution in [-0.2, 0) is 6.54 Å². The Morgan fingerprint density at radius 1 is 1.21 bits per heavy atom. The number of nitrogens with one attached hydrogen (secondary N) is 1.